The Morgan fingerprint density at radius 3 is 2.59 bits per heavy atom. The third kappa shape index (κ3) is 4.62. The van der Waals surface area contributed by atoms with E-state index in [9.17, 15) is 4.79 Å². The standard InChI is InChI=1S/C22H26N4O3/c1-6-26(16(4)13-28-19-11-10-14(2)12-23-19)22(27)18-9-7-8-15(3)20(18)21-25-24-17(5)29-21/h7-12,16H,6,13H2,1-5H3/t16-/m0/s1. The Morgan fingerprint density at radius 1 is 1.17 bits per heavy atom. The van der Waals surface area contributed by atoms with Gasteiger partial charge in [-0.05, 0) is 44.9 Å². The number of hydrogen-bond acceptors (Lipinski definition) is 6. The molecule has 2 heterocycles. The van der Waals surface area contributed by atoms with E-state index in [2.05, 4.69) is 15.2 Å². The largest absolute Gasteiger partial charge is 0.475 e. The van der Waals surface area contributed by atoms with Gasteiger partial charge in [-0.1, -0.05) is 18.2 Å². The van der Waals surface area contributed by atoms with Crippen LogP contribution in [0.1, 0.15) is 41.2 Å². The maximum Gasteiger partial charge on any atom is 0.255 e. The molecule has 2 aromatic heterocycles. The van der Waals surface area contributed by atoms with Gasteiger partial charge in [0, 0.05) is 25.7 Å². The zero-order valence-corrected chi connectivity index (χ0v) is 17.5. The van der Waals surface area contributed by atoms with Crippen molar-refractivity contribution in [1.82, 2.24) is 20.1 Å². The lowest BCUT2D eigenvalue weighted by Crippen LogP contribution is -2.42. The number of hydrogen-bond donors (Lipinski definition) is 0. The van der Waals surface area contributed by atoms with Crippen LogP contribution in [0.3, 0.4) is 0 Å². The molecule has 0 aliphatic heterocycles. The van der Waals surface area contributed by atoms with Crippen molar-refractivity contribution in [2.24, 2.45) is 0 Å². The lowest BCUT2D eigenvalue weighted by molar-refractivity contribution is 0.0647. The van der Waals surface area contributed by atoms with Crippen LogP contribution in [0.5, 0.6) is 5.88 Å². The minimum absolute atomic E-state index is 0.102. The van der Waals surface area contributed by atoms with Crippen molar-refractivity contribution in [2.45, 2.75) is 40.7 Å². The summed E-state index contributed by atoms with van der Waals surface area (Å²) in [5, 5.41) is 8.02. The van der Waals surface area contributed by atoms with Gasteiger partial charge >= 0.3 is 0 Å². The fourth-order valence-corrected chi connectivity index (χ4v) is 3.17. The fraction of sp³-hybridized carbons (Fsp3) is 0.364. The number of nitrogens with zero attached hydrogens (tertiary/aromatic N) is 4. The summed E-state index contributed by atoms with van der Waals surface area (Å²) in [5.74, 6) is 1.26. The number of aromatic nitrogens is 3. The highest BCUT2D eigenvalue weighted by Crippen LogP contribution is 2.28. The minimum atomic E-state index is -0.145. The van der Waals surface area contributed by atoms with E-state index < -0.39 is 0 Å². The van der Waals surface area contributed by atoms with Crippen LogP contribution < -0.4 is 4.74 Å². The van der Waals surface area contributed by atoms with Gasteiger partial charge in [-0.2, -0.15) is 0 Å². The van der Waals surface area contributed by atoms with Gasteiger partial charge in [0.15, 0.2) is 0 Å². The SMILES string of the molecule is CCN(C(=O)c1cccc(C)c1-c1nnc(C)o1)[C@@H](C)COc1ccc(C)cn1. The monoisotopic (exact) mass is 394 g/mol. The molecule has 1 amide bonds. The van der Waals surface area contributed by atoms with Crippen LogP contribution in [0, 0.1) is 20.8 Å². The quantitative estimate of drug-likeness (QED) is 0.603. The second-order valence-electron chi connectivity index (χ2n) is 7.05. The summed E-state index contributed by atoms with van der Waals surface area (Å²) in [6, 6.07) is 9.21. The third-order valence-corrected chi connectivity index (χ3v) is 4.73. The molecule has 0 aliphatic rings. The first-order chi connectivity index (χ1) is 13.9. The summed E-state index contributed by atoms with van der Waals surface area (Å²) >= 11 is 0. The average molecular weight is 394 g/mol. The molecule has 0 radical (unpaired) electrons. The molecule has 7 heteroatoms. The molecule has 152 valence electrons. The van der Waals surface area contributed by atoms with Crippen molar-refractivity contribution in [3.8, 4) is 17.3 Å². The highest BCUT2D eigenvalue weighted by molar-refractivity contribution is 6.00. The van der Waals surface area contributed by atoms with Crippen LogP contribution in [0.15, 0.2) is 40.9 Å². The molecule has 3 aromatic rings. The zero-order chi connectivity index (χ0) is 21.0. The molecule has 0 bridgehead atoms. The van der Waals surface area contributed by atoms with E-state index in [0.29, 0.717) is 41.9 Å². The number of amides is 1. The van der Waals surface area contributed by atoms with Gasteiger partial charge in [0.05, 0.1) is 17.2 Å². The summed E-state index contributed by atoms with van der Waals surface area (Å²) in [5.41, 5.74) is 3.18. The van der Waals surface area contributed by atoms with Crippen LogP contribution in [-0.2, 0) is 0 Å². The van der Waals surface area contributed by atoms with E-state index in [0.717, 1.165) is 11.1 Å². The fourth-order valence-electron chi connectivity index (χ4n) is 3.17. The number of rotatable bonds is 7. The Balaban J connectivity index is 1.82. The normalized spacial score (nSPS) is 11.9. The Labute approximate surface area is 170 Å². The first-order valence-electron chi connectivity index (χ1n) is 9.67. The smallest absolute Gasteiger partial charge is 0.255 e. The summed E-state index contributed by atoms with van der Waals surface area (Å²) in [6.07, 6.45) is 1.76. The van der Waals surface area contributed by atoms with Crippen LogP contribution in [-0.4, -0.2) is 45.2 Å². The van der Waals surface area contributed by atoms with Gasteiger partial charge in [0.25, 0.3) is 5.91 Å². The molecule has 7 nitrogen and oxygen atoms in total. The molecule has 0 N–H and O–H groups in total. The van der Waals surface area contributed by atoms with Gasteiger partial charge in [0.2, 0.25) is 17.7 Å². The number of benzene rings is 1. The Hall–Kier alpha value is -3.22. The number of carbonyl (C=O) groups excluding carboxylic acids is 1. The molecule has 1 aromatic carbocycles. The Morgan fingerprint density at radius 2 is 1.97 bits per heavy atom. The van der Waals surface area contributed by atoms with Crippen molar-refractivity contribution in [3.05, 3.63) is 59.1 Å². The Kier molecular flexibility index (Phi) is 6.26. The maximum absolute atomic E-state index is 13.4. The van der Waals surface area contributed by atoms with E-state index in [-0.39, 0.29) is 11.9 Å². The summed E-state index contributed by atoms with van der Waals surface area (Å²) in [6.45, 7) is 10.4. The molecule has 0 spiro atoms. The number of aryl methyl sites for hydroxylation is 3. The summed E-state index contributed by atoms with van der Waals surface area (Å²) < 4.78 is 11.4. The van der Waals surface area contributed by atoms with Crippen LogP contribution in [0.4, 0.5) is 0 Å². The van der Waals surface area contributed by atoms with E-state index in [1.165, 1.54) is 0 Å². The minimum Gasteiger partial charge on any atom is -0.475 e. The van der Waals surface area contributed by atoms with Crippen LogP contribution in [0.25, 0.3) is 11.5 Å². The van der Waals surface area contributed by atoms with Gasteiger partial charge in [-0.15, -0.1) is 10.2 Å². The van der Waals surface area contributed by atoms with E-state index in [4.69, 9.17) is 9.15 Å². The predicted octanol–water partition coefficient (Wildman–Crippen LogP) is 3.99. The van der Waals surface area contributed by atoms with Crippen molar-refractivity contribution in [2.75, 3.05) is 13.2 Å². The lowest BCUT2D eigenvalue weighted by atomic mass is 10.00. The molecule has 0 unspecified atom stereocenters. The van der Waals surface area contributed by atoms with Gasteiger partial charge in [-0.25, -0.2) is 4.98 Å². The van der Waals surface area contributed by atoms with Gasteiger partial charge < -0.3 is 14.1 Å². The summed E-state index contributed by atoms with van der Waals surface area (Å²) in [4.78, 5) is 19.4. The van der Waals surface area contributed by atoms with Crippen molar-refractivity contribution in [1.29, 1.82) is 0 Å². The highest BCUT2D eigenvalue weighted by atomic mass is 16.5. The van der Waals surface area contributed by atoms with E-state index in [1.807, 2.05) is 52.0 Å². The first-order valence-corrected chi connectivity index (χ1v) is 9.67. The van der Waals surface area contributed by atoms with Gasteiger partial charge in [-0.3, -0.25) is 4.79 Å². The maximum atomic E-state index is 13.4. The molecular weight excluding hydrogens is 368 g/mol. The van der Waals surface area contributed by atoms with Crippen LogP contribution >= 0.6 is 0 Å². The van der Waals surface area contributed by atoms with Crippen molar-refractivity contribution in [3.63, 3.8) is 0 Å². The molecule has 0 aliphatic carbocycles. The van der Waals surface area contributed by atoms with Crippen molar-refractivity contribution >= 4 is 5.91 Å². The van der Waals surface area contributed by atoms with Crippen molar-refractivity contribution < 1.29 is 13.9 Å². The molecule has 0 saturated carbocycles. The van der Waals surface area contributed by atoms with E-state index >= 15 is 0 Å². The third-order valence-electron chi connectivity index (χ3n) is 4.73. The second-order valence-corrected chi connectivity index (χ2v) is 7.05. The first kappa shape index (κ1) is 20.5. The lowest BCUT2D eigenvalue weighted by Gasteiger charge is -2.28. The average Bonchev–Trinajstić information content (AvgIpc) is 3.13. The zero-order valence-electron chi connectivity index (χ0n) is 17.5. The topological polar surface area (TPSA) is 81.4 Å². The highest BCUT2D eigenvalue weighted by Gasteiger charge is 2.26. The van der Waals surface area contributed by atoms with Gasteiger partial charge in [0.1, 0.15) is 6.61 Å². The number of likely N-dealkylation sites (N-methyl/N-ethyl adjacent to an activating group) is 1. The van der Waals surface area contributed by atoms with Crippen LogP contribution in [0.2, 0.25) is 0 Å². The predicted molar refractivity (Wildman–Crippen MR) is 110 cm³/mol. The van der Waals surface area contributed by atoms with E-state index in [1.54, 1.807) is 24.1 Å². The molecular formula is C22H26N4O3. The second kappa shape index (κ2) is 8.86. The Bertz CT molecular complexity index is 982. The number of carbonyl (C=O) groups is 1. The molecule has 29 heavy (non-hydrogen) atoms. The molecule has 1 atom stereocenters. The number of ether oxygens (including phenoxy) is 1. The molecule has 0 saturated heterocycles. The molecule has 3 rings (SSSR count). The number of pyridine rings is 1. The summed E-state index contributed by atoms with van der Waals surface area (Å²) in [7, 11) is 0. The molecule has 0 fully saturated rings.